The van der Waals surface area contributed by atoms with Gasteiger partial charge in [-0.25, -0.2) is 18.7 Å². The number of fused-ring (bicyclic) bond motifs is 1. The van der Waals surface area contributed by atoms with Crippen molar-refractivity contribution in [3.8, 4) is 17.7 Å². The number of halogens is 2. The van der Waals surface area contributed by atoms with Crippen LogP contribution >= 0.6 is 0 Å². The summed E-state index contributed by atoms with van der Waals surface area (Å²) < 4.78 is 35.3. The molecule has 0 saturated carbocycles. The lowest BCUT2D eigenvalue weighted by Gasteiger charge is -2.35. The number of hydrogen-bond donors (Lipinski definition) is 2. The van der Waals surface area contributed by atoms with E-state index in [0.717, 1.165) is 44.4 Å². The molecule has 0 aliphatic carbocycles. The average molecular weight is 494 g/mol. The Labute approximate surface area is 208 Å². The van der Waals surface area contributed by atoms with Crippen molar-refractivity contribution in [3.63, 3.8) is 0 Å². The molecule has 1 fully saturated rings. The lowest BCUT2D eigenvalue weighted by atomic mass is 9.99. The highest BCUT2D eigenvalue weighted by atomic mass is 19.1. The summed E-state index contributed by atoms with van der Waals surface area (Å²) in [6.45, 7) is 13.0. The Balaban J connectivity index is 1.63. The molecule has 1 aliphatic heterocycles. The van der Waals surface area contributed by atoms with Gasteiger partial charge in [-0.05, 0) is 25.1 Å². The molecule has 1 aliphatic rings. The van der Waals surface area contributed by atoms with Gasteiger partial charge in [0.05, 0.1) is 17.3 Å². The normalized spacial score (nSPS) is 16.2. The lowest BCUT2D eigenvalue weighted by molar-refractivity contribution is 0.144. The van der Waals surface area contributed by atoms with Crippen molar-refractivity contribution in [1.82, 2.24) is 24.8 Å². The summed E-state index contributed by atoms with van der Waals surface area (Å²) in [7, 11) is 0. The van der Waals surface area contributed by atoms with E-state index in [-0.39, 0.29) is 33.8 Å². The summed E-state index contributed by atoms with van der Waals surface area (Å²) in [6.07, 6.45) is 4.66. The largest absolute Gasteiger partial charge is 0.434 e. The predicted octanol–water partition coefficient (Wildman–Crippen LogP) is 3.96. The Morgan fingerprint density at radius 3 is 2.67 bits per heavy atom. The van der Waals surface area contributed by atoms with Gasteiger partial charge >= 0.3 is 0 Å². The van der Waals surface area contributed by atoms with E-state index in [1.165, 1.54) is 12.4 Å². The Morgan fingerprint density at radius 1 is 1.28 bits per heavy atom. The number of hydrogen-bond acceptors (Lipinski definition) is 7. The van der Waals surface area contributed by atoms with Crippen LogP contribution in [-0.4, -0.2) is 64.0 Å². The zero-order valence-corrected chi connectivity index (χ0v) is 20.4. The molecule has 36 heavy (non-hydrogen) atoms. The van der Waals surface area contributed by atoms with E-state index in [0.29, 0.717) is 12.2 Å². The van der Waals surface area contributed by atoms with Crippen LogP contribution in [0.3, 0.4) is 0 Å². The first-order chi connectivity index (χ1) is 17.4. The molecule has 1 aromatic carbocycles. The van der Waals surface area contributed by atoms with Crippen LogP contribution in [0.2, 0.25) is 0 Å². The lowest BCUT2D eigenvalue weighted by Crippen LogP contribution is -2.47. The number of nitrogens with one attached hydrogen (secondary N) is 1. The smallest absolute Gasteiger partial charge is 0.240 e. The number of nitriles is 1. The van der Waals surface area contributed by atoms with Gasteiger partial charge in [0.15, 0.2) is 17.4 Å². The number of aryl methyl sites for hydroxylation is 1. The van der Waals surface area contributed by atoms with Gasteiger partial charge in [0.2, 0.25) is 5.88 Å². The minimum absolute atomic E-state index is 0.0408. The molecule has 3 N–H and O–H groups in total. The van der Waals surface area contributed by atoms with Gasteiger partial charge in [0.25, 0.3) is 0 Å². The molecule has 3 heterocycles. The summed E-state index contributed by atoms with van der Waals surface area (Å²) in [5, 5.41) is 9.97. The Bertz CT molecular complexity index is 1340. The van der Waals surface area contributed by atoms with E-state index in [1.54, 1.807) is 13.0 Å². The Morgan fingerprint density at radius 2 is 2.00 bits per heavy atom. The maximum Gasteiger partial charge on any atom is 0.240 e. The van der Waals surface area contributed by atoms with Crippen LogP contribution in [0.1, 0.15) is 29.9 Å². The number of likely N-dealkylation sites (N-methyl/N-ethyl adjacent to an activating group) is 1. The third-order valence-corrected chi connectivity index (χ3v) is 6.41. The molecule has 0 spiro atoms. The Kier molecular flexibility index (Phi) is 7.74. The highest BCUT2D eigenvalue weighted by Crippen LogP contribution is 2.34. The molecule has 1 atom stereocenters. The van der Waals surface area contributed by atoms with E-state index in [9.17, 15) is 9.65 Å². The quantitative estimate of drug-likeness (QED) is 0.458. The van der Waals surface area contributed by atoms with Gasteiger partial charge < -0.3 is 20.4 Å². The van der Waals surface area contributed by atoms with Gasteiger partial charge in [0.1, 0.15) is 18.0 Å². The van der Waals surface area contributed by atoms with Crippen LogP contribution < -0.4 is 10.5 Å². The molecule has 0 bridgehead atoms. The first-order valence-electron chi connectivity index (χ1n) is 11.8. The summed E-state index contributed by atoms with van der Waals surface area (Å²) in [5.74, 6) is -2.03. The standard InChI is InChI=1S/C26H29F2N7O/c1-4-6-17(14-35-9-7-34(5-2)8-10-35)23(30)25-19(13-29)26(32-15-31-25)36-21-12-20(27)24-18(22(21)28)11-16(3)33-24/h4,6,11-12,15,23,33H,1,5,7-10,14,30H2,2-3H3/b17-6-. The number of H-pyrrole nitrogens is 1. The number of piperazine rings is 1. The summed E-state index contributed by atoms with van der Waals surface area (Å²) in [6, 6.07) is 3.69. The van der Waals surface area contributed by atoms with Crippen molar-refractivity contribution < 1.29 is 13.5 Å². The fourth-order valence-corrected chi connectivity index (χ4v) is 4.42. The third kappa shape index (κ3) is 5.14. The Hall–Kier alpha value is -3.65. The van der Waals surface area contributed by atoms with E-state index in [2.05, 4.69) is 38.3 Å². The molecule has 0 amide bonds. The molecule has 10 heteroatoms. The fourth-order valence-electron chi connectivity index (χ4n) is 4.42. The third-order valence-electron chi connectivity index (χ3n) is 6.41. The van der Waals surface area contributed by atoms with E-state index >= 15 is 4.39 Å². The molecule has 1 unspecified atom stereocenters. The zero-order chi connectivity index (χ0) is 25.8. The second-order valence-electron chi connectivity index (χ2n) is 8.73. The predicted molar refractivity (Wildman–Crippen MR) is 134 cm³/mol. The SMILES string of the molecule is C=C/C=C(/CN1CCN(CC)CC1)C(N)c1ncnc(Oc2cc(F)c3[nH]c(C)cc3c2F)c1C#N. The van der Waals surface area contributed by atoms with Crippen molar-refractivity contribution in [2.75, 3.05) is 39.3 Å². The number of aromatic nitrogens is 3. The highest BCUT2D eigenvalue weighted by molar-refractivity contribution is 5.83. The molecule has 3 aromatic rings. The van der Waals surface area contributed by atoms with Crippen LogP contribution in [-0.2, 0) is 0 Å². The number of benzene rings is 1. The van der Waals surface area contributed by atoms with Crippen LogP contribution in [0.4, 0.5) is 8.78 Å². The number of aromatic amines is 1. The number of nitrogens with two attached hydrogens (primary N) is 1. The van der Waals surface area contributed by atoms with Crippen molar-refractivity contribution >= 4 is 10.9 Å². The van der Waals surface area contributed by atoms with Gasteiger partial charge in [0, 0.05) is 49.9 Å². The zero-order valence-electron chi connectivity index (χ0n) is 20.4. The molecule has 8 nitrogen and oxygen atoms in total. The van der Waals surface area contributed by atoms with Gasteiger partial charge in [-0.15, -0.1) is 0 Å². The van der Waals surface area contributed by atoms with Crippen molar-refractivity contribution in [3.05, 3.63) is 71.3 Å². The summed E-state index contributed by atoms with van der Waals surface area (Å²) in [4.78, 5) is 15.7. The van der Waals surface area contributed by atoms with Gasteiger partial charge in [-0.1, -0.05) is 25.7 Å². The molecule has 0 radical (unpaired) electrons. The van der Waals surface area contributed by atoms with Gasteiger partial charge in [-0.3, -0.25) is 4.90 Å². The molecule has 188 valence electrons. The first-order valence-corrected chi connectivity index (χ1v) is 11.8. The summed E-state index contributed by atoms with van der Waals surface area (Å²) in [5.41, 5.74) is 8.24. The minimum Gasteiger partial charge on any atom is -0.434 e. The number of nitrogens with zero attached hydrogens (tertiary/aromatic N) is 5. The molecule has 1 saturated heterocycles. The maximum absolute atomic E-state index is 15.1. The van der Waals surface area contributed by atoms with Crippen molar-refractivity contribution in [2.45, 2.75) is 19.9 Å². The molecule has 2 aromatic heterocycles. The number of rotatable bonds is 8. The summed E-state index contributed by atoms with van der Waals surface area (Å²) >= 11 is 0. The molecular weight excluding hydrogens is 464 g/mol. The second kappa shape index (κ2) is 11.0. The highest BCUT2D eigenvalue weighted by Gasteiger charge is 2.25. The van der Waals surface area contributed by atoms with Crippen LogP contribution in [0.5, 0.6) is 11.6 Å². The molecular formula is C26H29F2N7O. The molecule has 4 rings (SSSR count). The van der Waals surface area contributed by atoms with Crippen LogP contribution in [0.25, 0.3) is 10.9 Å². The van der Waals surface area contributed by atoms with Crippen molar-refractivity contribution in [1.29, 1.82) is 5.26 Å². The number of ether oxygens (including phenoxy) is 1. The minimum atomic E-state index is -0.762. The monoisotopic (exact) mass is 493 g/mol. The van der Waals surface area contributed by atoms with E-state index in [4.69, 9.17) is 10.5 Å². The van der Waals surface area contributed by atoms with E-state index < -0.39 is 17.7 Å². The maximum atomic E-state index is 15.1. The van der Waals surface area contributed by atoms with Crippen LogP contribution in [0, 0.1) is 29.9 Å². The van der Waals surface area contributed by atoms with Crippen molar-refractivity contribution in [2.24, 2.45) is 5.73 Å². The topological polar surface area (TPSA) is 107 Å². The second-order valence-corrected chi connectivity index (χ2v) is 8.73. The van der Waals surface area contributed by atoms with Crippen LogP contribution in [0.15, 0.2) is 42.8 Å². The van der Waals surface area contributed by atoms with Gasteiger partial charge in [-0.2, -0.15) is 5.26 Å². The fraction of sp³-hybridized carbons (Fsp3) is 0.346. The first kappa shape index (κ1) is 25.4. The average Bonchev–Trinajstić information content (AvgIpc) is 3.29. The number of allylic oxidation sites excluding steroid dienone is 2. The van der Waals surface area contributed by atoms with E-state index in [1.807, 2.05) is 12.1 Å².